The lowest BCUT2D eigenvalue weighted by Crippen LogP contribution is -2.40. The summed E-state index contributed by atoms with van der Waals surface area (Å²) in [7, 11) is 3.27. The molecule has 0 aromatic heterocycles. The van der Waals surface area contributed by atoms with E-state index in [1.54, 1.807) is 25.1 Å². The average molecular weight is 406 g/mol. The summed E-state index contributed by atoms with van der Waals surface area (Å²) in [6.07, 6.45) is 0.800. The van der Waals surface area contributed by atoms with Gasteiger partial charge in [0.05, 0.1) is 13.1 Å². The molecule has 2 rings (SSSR count). The summed E-state index contributed by atoms with van der Waals surface area (Å²) in [5.41, 5.74) is 2.13. The van der Waals surface area contributed by atoms with Crippen LogP contribution in [0.25, 0.3) is 0 Å². The number of aryl methyl sites for hydroxylation is 1. The first-order valence-corrected chi connectivity index (χ1v) is 9.42. The molecule has 0 radical (unpaired) electrons. The average Bonchev–Trinajstić information content (AvgIpc) is 2.65. The second kappa shape index (κ2) is 10.2. The molecule has 0 aliphatic heterocycles. The number of rotatable bonds is 8. The second-order valence-corrected chi connectivity index (χ2v) is 7.09. The minimum absolute atomic E-state index is 0.0417. The third kappa shape index (κ3) is 6.04. The zero-order valence-corrected chi connectivity index (χ0v) is 17.1. The Labute approximate surface area is 170 Å². The number of hydrogen-bond donors (Lipinski definition) is 1. The van der Waals surface area contributed by atoms with Crippen molar-refractivity contribution in [3.8, 4) is 0 Å². The summed E-state index contributed by atoms with van der Waals surface area (Å²) in [6.45, 7) is 2.19. The summed E-state index contributed by atoms with van der Waals surface area (Å²) >= 11 is 6.03. The Hall–Kier alpha value is -2.44. The SMILES string of the molecule is CCc1ccccc1NC(=O)CN(C)C(=O)CN(C)Cc1c(F)cccc1Cl. The molecule has 0 heterocycles. The van der Waals surface area contributed by atoms with Crippen LogP contribution in [0.4, 0.5) is 10.1 Å². The predicted molar refractivity (Wildman–Crippen MR) is 110 cm³/mol. The maximum absolute atomic E-state index is 13.9. The highest BCUT2D eigenvalue weighted by molar-refractivity contribution is 6.31. The van der Waals surface area contributed by atoms with Crippen LogP contribution in [0.2, 0.25) is 5.02 Å². The van der Waals surface area contributed by atoms with Crippen LogP contribution in [0.5, 0.6) is 0 Å². The number of carbonyl (C=O) groups excluding carboxylic acids is 2. The van der Waals surface area contributed by atoms with E-state index in [2.05, 4.69) is 5.32 Å². The van der Waals surface area contributed by atoms with E-state index in [4.69, 9.17) is 11.6 Å². The van der Waals surface area contributed by atoms with Gasteiger partial charge in [0.2, 0.25) is 11.8 Å². The number of carbonyl (C=O) groups is 2. The van der Waals surface area contributed by atoms with Crippen molar-refractivity contribution in [1.82, 2.24) is 9.80 Å². The molecule has 2 aromatic carbocycles. The Morgan fingerprint density at radius 1 is 1.07 bits per heavy atom. The summed E-state index contributed by atoms with van der Waals surface area (Å²) in [5, 5.41) is 3.16. The van der Waals surface area contributed by atoms with Crippen LogP contribution in [-0.4, -0.2) is 48.8 Å². The molecule has 5 nitrogen and oxygen atoms in total. The van der Waals surface area contributed by atoms with Gasteiger partial charge in [0.1, 0.15) is 5.82 Å². The quantitative estimate of drug-likeness (QED) is 0.730. The van der Waals surface area contributed by atoms with E-state index in [-0.39, 0.29) is 31.4 Å². The molecule has 0 fully saturated rings. The van der Waals surface area contributed by atoms with Crippen molar-refractivity contribution < 1.29 is 14.0 Å². The van der Waals surface area contributed by atoms with E-state index in [0.717, 1.165) is 17.7 Å². The van der Waals surface area contributed by atoms with Crippen molar-refractivity contribution in [2.75, 3.05) is 32.5 Å². The lowest BCUT2D eigenvalue weighted by Gasteiger charge is -2.22. The van der Waals surface area contributed by atoms with Crippen LogP contribution in [0.1, 0.15) is 18.1 Å². The molecule has 0 spiro atoms. The van der Waals surface area contributed by atoms with Crippen molar-refractivity contribution in [2.45, 2.75) is 19.9 Å². The Kier molecular flexibility index (Phi) is 7.96. The van der Waals surface area contributed by atoms with Crippen LogP contribution in [0, 0.1) is 5.82 Å². The van der Waals surface area contributed by atoms with Gasteiger partial charge in [0.25, 0.3) is 0 Å². The van der Waals surface area contributed by atoms with Gasteiger partial charge in [-0.3, -0.25) is 14.5 Å². The zero-order chi connectivity index (χ0) is 20.7. The number of nitrogens with one attached hydrogen (secondary N) is 1. The molecule has 0 aliphatic rings. The fourth-order valence-electron chi connectivity index (χ4n) is 2.80. The van der Waals surface area contributed by atoms with Crippen LogP contribution in [0.15, 0.2) is 42.5 Å². The Morgan fingerprint density at radius 3 is 2.46 bits per heavy atom. The van der Waals surface area contributed by atoms with Gasteiger partial charge in [-0.05, 0) is 37.2 Å². The van der Waals surface area contributed by atoms with Crippen LogP contribution in [-0.2, 0) is 22.6 Å². The first-order chi connectivity index (χ1) is 13.3. The Bertz CT molecular complexity index is 824. The van der Waals surface area contributed by atoms with Crippen molar-refractivity contribution >= 4 is 29.1 Å². The summed E-state index contributed by atoms with van der Waals surface area (Å²) in [5.74, 6) is -0.917. The number of hydrogen-bond acceptors (Lipinski definition) is 3. The van der Waals surface area contributed by atoms with Crippen molar-refractivity contribution in [2.24, 2.45) is 0 Å². The number of nitrogens with zero attached hydrogens (tertiary/aromatic N) is 2. The lowest BCUT2D eigenvalue weighted by molar-refractivity contribution is -0.134. The van der Waals surface area contributed by atoms with E-state index < -0.39 is 5.82 Å². The molecule has 2 aromatic rings. The fourth-order valence-corrected chi connectivity index (χ4v) is 3.03. The normalized spacial score (nSPS) is 10.8. The van der Waals surface area contributed by atoms with Gasteiger partial charge in [0.15, 0.2) is 0 Å². The molecule has 2 amide bonds. The van der Waals surface area contributed by atoms with E-state index in [0.29, 0.717) is 10.6 Å². The van der Waals surface area contributed by atoms with Gasteiger partial charge in [0, 0.05) is 29.9 Å². The van der Waals surface area contributed by atoms with Crippen molar-refractivity contribution in [1.29, 1.82) is 0 Å². The molecule has 0 saturated carbocycles. The number of halogens is 2. The van der Waals surface area contributed by atoms with Crippen molar-refractivity contribution in [3.63, 3.8) is 0 Å². The van der Waals surface area contributed by atoms with Crippen molar-refractivity contribution in [3.05, 3.63) is 64.4 Å². The molecule has 0 bridgehead atoms. The maximum Gasteiger partial charge on any atom is 0.243 e. The molecule has 150 valence electrons. The zero-order valence-electron chi connectivity index (χ0n) is 16.3. The third-order valence-electron chi connectivity index (χ3n) is 4.37. The fraction of sp³-hybridized carbons (Fsp3) is 0.333. The first-order valence-electron chi connectivity index (χ1n) is 9.05. The van der Waals surface area contributed by atoms with Gasteiger partial charge in [-0.15, -0.1) is 0 Å². The standard InChI is InChI=1S/C21H25ClFN3O2/c1-4-15-8-5-6-11-19(15)24-20(27)13-26(3)21(28)14-25(2)12-16-17(22)9-7-10-18(16)23/h5-11H,4,12-14H2,1-3H3,(H,24,27). The molecule has 7 heteroatoms. The van der Waals surface area contributed by atoms with E-state index in [1.807, 2.05) is 31.2 Å². The summed E-state index contributed by atoms with van der Waals surface area (Å²) < 4.78 is 13.9. The molecule has 28 heavy (non-hydrogen) atoms. The number of amides is 2. The highest BCUT2D eigenvalue weighted by Gasteiger charge is 2.17. The third-order valence-corrected chi connectivity index (χ3v) is 4.73. The number of anilines is 1. The summed E-state index contributed by atoms with van der Waals surface area (Å²) in [4.78, 5) is 27.7. The molecular weight excluding hydrogens is 381 g/mol. The molecule has 0 aliphatic carbocycles. The lowest BCUT2D eigenvalue weighted by atomic mass is 10.1. The number of benzene rings is 2. The van der Waals surface area contributed by atoms with Crippen LogP contribution >= 0.6 is 11.6 Å². The molecule has 0 saturated heterocycles. The summed E-state index contributed by atoms with van der Waals surface area (Å²) in [6, 6.07) is 12.0. The predicted octanol–water partition coefficient (Wildman–Crippen LogP) is 3.57. The molecule has 0 unspecified atom stereocenters. The highest BCUT2D eigenvalue weighted by Crippen LogP contribution is 2.20. The van der Waals surface area contributed by atoms with Gasteiger partial charge in [-0.25, -0.2) is 4.39 Å². The Morgan fingerprint density at radius 2 is 1.79 bits per heavy atom. The van der Waals surface area contributed by atoms with Gasteiger partial charge in [-0.2, -0.15) is 0 Å². The molecular formula is C21H25ClFN3O2. The first kappa shape index (κ1) is 21.9. The van der Waals surface area contributed by atoms with Crippen LogP contribution < -0.4 is 5.32 Å². The second-order valence-electron chi connectivity index (χ2n) is 6.68. The minimum atomic E-state index is -0.408. The van der Waals surface area contributed by atoms with Gasteiger partial charge < -0.3 is 10.2 Å². The Balaban J connectivity index is 1.89. The smallest absolute Gasteiger partial charge is 0.243 e. The topological polar surface area (TPSA) is 52.7 Å². The minimum Gasteiger partial charge on any atom is -0.335 e. The molecule has 1 N–H and O–H groups in total. The maximum atomic E-state index is 13.9. The van der Waals surface area contributed by atoms with E-state index >= 15 is 0 Å². The van der Waals surface area contributed by atoms with Gasteiger partial charge >= 0.3 is 0 Å². The number of para-hydroxylation sites is 1. The largest absolute Gasteiger partial charge is 0.335 e. The van der Waals surface area contributed by atoms with Gasteiger partial charge in [-0.1, -0.05) is 42.8 Å². The highest BCUT2D eigenvalue weighted by atomic mass is 35.5. The monoisotopic (exact) mass is 405 g/mol. The number of likely N-dealkylation sites (N-methyl/N-ethyl adjacent to an activating group) is 2. The molecule has 0 atom stereocenters. The van der Waals surface area contributed by atoms with Crippen LogP contribution in [0.3, 0.4) is 0 Å². The van der Waals surface area contributed by atoms with E-state index in [9.17, 15) is 14.0 Å². The van der Waals surface area contributed by atoms with E-state index in [1.165, 1.54) is 17.0 Å².